The molecule has 1 aliphatic rings. The maximum atomic E-state index is 7.21. The molecule has 1 rings (SSSR count). The molecule has 14 heavy (non-hydrogen) atoms. The van der Waals surface area contributed by atoms with Crippen molar-refractivity contribution in [1.29, 1.82) is 5.41 Å². The molecule has 0 aliphatic carbocycles. The van der Waals surface area contributed by atoms with Crippen molar-refractivity contribution in [1.82, 2.24) is 9.80 Å². The standard InChI is InChI=1S/C10H22N4/c1-9-8-13(2)5-3-6-14(9)7-4-10(11)12/h9H,3-8H2,1-2H3,(H3,11,12). The Morgan fingerprint density at radius 2 is 2.21 bits per heavy atom. The maximum absolute atomic E-state index is 7.21. The van der Waals surface area contributed by atoms with Gasteiger partial charge in [0.25, 0.3) is 0 Å². The molecule has 4 nitrogen and oxygen atoms in total. The molecule has 0 aromatic heterocycles. The molecule has 4 heteroatoms. The van der Waals surface area contributed by atoms with Crippen LogP contribution in [0.3, 0.4) is 0 Å². The van der Waals surface area contributed by atoms with Crippen LogP contribution in [0.4, 0.5) is 0 Å². The Bertz CT molecular complexity index is 193. The molecule has 0 bridgehead atoms. The average molecular weight is 198 g/mol. The quantitative estimate of drug-likeness (QED) is 0.508. The lowest BCUT2D eigenvalue weighted by Crippen LogP contribution is -2.39. The number of rotatable bonds is 3. The van der Waals surface area contributed by atoms with Gasteiger partial charge in [-0.3, -0.25) is 10.3 Å². The van der Waals surface area contributed by atoms with E-state index >= 15 is 0 Å². The second-order valence-corrected chi connectivity index (χ2v) is 4.28. The van der Waals surface area contributed by atoms with Crippen LogP contribution in [-0.4, -0.2) is 54.9 Å². The minimum atomic E-state index is 0.301. The predicted molar refractivity (Wildman–Crippen MR) is 59.7 cm³/mol. The fourth-order valence-electron chi connectivity index (χ4n) is 2.02. The van der Waals surface area contributed by atoms with E-state index in [1.165, 1.54) is 13.0 Å². The largest absolute Gasteiger partial charge is 0.388 e. The van der Waals surface area contributed by atoms with Gasteiger partial charge in [-0.15, -0.1) is 0 Å². The monoisotopic (exact) mass is 198 g/mol. The van der Waals surface area contributed by atoms with Crippen molar-refractivity contribution < 1.29 is 0 Å². The summed E-state index contributed by atoms with van der Waals surface area (Å²) in [5, 5.41) is 7.21. The van der Waals surface area contributed by atoms with Gasteiger partial charge < -0.3 is 10.6 Å². The van der Waals surface area contributed by atoms with E-state index in [0.717, 1.165) is 19.6 Å². The number of nitrogens with zero attached hydrogens (tertiary/aromatic N) is 2. The van der Waals surface area contributed by atoms with Crippen molar-refractivity contribution in [3.63, 3.8) is 0 Å². The van der Waals surface area contributed by atoms with Crippen LogP contribution in [0, 0.1) is 5.41 Å². The molecular formula is C10H22N4. The van der Waals surface area contributed by atoms with Gasteiger partial charge in [-0.25, -0.2) is 0 Å². The zero-order valence-corrected chi connectivity index (χ0v) is 9.29. The van der Waals surface area contributed by atoms with Crippen molar-refractivity contribution in [2.75, 3.05) is 33.2 Å². The lowest BCUT2D eigenvalue weighted by atomic mass is 10.2. The Labute approximate surface area is 86.6 Å². The van der Waals surface area contributed by atoms with E-state index in [2.05, 4.69) is 23.8 Å². The molecule has 0 saturated carbocycles. The van der Waals surface area contributed by atoms with Crippen molar-refractivity contribution in [2.24, 2.45) is 5.73 Å². The normalized spacial score (nSPS) is 26.0. The maximum Gasteiger partial charge on any atom is 0.0918 e. The van der Waals surface area contributed by atoms with Gasteiger partial charge in [-0.1, -0.05) is 0 Å². The van der Waals surface area contributed by atoms with E-state index in [1.807, 2.05) is 0 Å². The first-order chi connectivity index (χ1) is 6.59. The Morgan fingerprint density at radius 3 is 2.86 bits per heavy atom. The number of amidine groups is 1. The highest BCUT2D eigenvalue weighted by Crippen LogP contribution is 2.08. The van der Waals surface area contributed by atoms with Crippen LogP contribution in [0.5, 0.6) is 0 Å². The SMILES string of the molecule is CC1CN(C)CCCN1CCC(=N)N. The van der Waals surface area contributed by atoms with Crippen molar-refractivity contribution in [3.05, 3.63) is 0 Å². The summed E-state index contributed by atoms with van der Waals surface area (Å²) in [4.78, 5) is 4.81. The zero-order valence-electron chi connectivity index (χ0n) is 9.29. The van der Waals surface area contributed by atoms with E-state index in [4.69, 9.17) is 11.1 Å². The fraction of sp³-hybridized carbons (Fsp3) is 0.900. The van der Waals surface area contributed by atoms with Gasteiger partial charge in [-0.2, -0.15) is 0 Å². The Hall–Kier alpha value is -0.610. The van der Waals surface area contributed by atoms with Crippen molar-refractivity contribution in [3.8, 4) is 0 Å². The number of hydrogen-bond acceptors (Lipinski definition) is 3. The summed E-state index contributed by atoms with van der Waals surface area (Å²) in [6, 6.07) is 0.585. The molecule has 0 spiro atoms. The van der Waals surface area contributed by atoms with E-state index < -0.39 is 0 Å². The smallest absolute Gasteiger partial charge is 0.0918 e. The third-order valence-corrected chi connectivity index (χ3v) is 2.85. The minimum Gasteiger partial charge on any atom is -0.388 e. The Morgan fingerprint density at radius 1 is 1.50 bits per heavy atom. The third-order valence-electron chi connectivity index (χ3n) is 2.85. The predicted octanol–water partition coefficient (Wildman–Crippen LogP) is 0.338. The summed E-state index contributed by atoms with van der Waals surface area (Å²) >= 11 is 0. The summed E-state index contributed by atoms with van der Waals surface area (Å²) in [6.07, 6.45) is 1.92. The number of nitrogens with two attached hydrogens (primary N) is 1. The third kappa shape index (κ3) is 3.64. The second-order valence-electron chi connectivity index (χ2n) is 4.28. The second kappa shape index (κ2) is 5.32. The van der Waals surface area contributed by atoms with Gasteiger partial charge in [-0.05, 0) is 33.5 Å². The molecular weight excluding hydrogens is 176 g/mol. The summed E-state index contributed by atoms with van der Waals surface area (Å²) in [5.74, 6) is 0.301. The van der Waals surface area contributed by atoms with Crippen LogP contribution >= 0.6 is 0 Å². The highest BCUT2D eigenvalue weighted by atomic mass is 15.2. The van der Waals surface area contributed by atoms with Crippen LogP contribution in [-0.2, 0) is 0 Å². The molecule has 1 fully saturated rings. The molecule has 0 aromatic carbocycles. The fourth-order valence-corrected chi connectivity index (χ4v) is 2.02. The van der Waals surface area contributed by atoms with Crippen LogP contribution in [0.25, 0.3) is 0 Å². The summed E-state index contributed by atoms with van der Waals surface area (Å²) in [6.45, 7) is 6.63. The van der Waals surface area contributed by atoms with E-state index in [1.54, 1.807) is 0 Å². The van der Waals surface area contributed by atoms with Gasteiger partial charge in [0.15, 0.2) is 0 Å². The topological polar surface area (TPSA) is 56.4 Å². The first-order valence-corrected chi connectivity index (χ1v) is 5.35. The van der Waals surface area contributed by atoms with Gasteiger partial charge in [0.1, 0.15) is 0 Å². The number of likely N-dealkylation sites (N-methyl/N-ethyl adjacent to an activating group) is 1. The molecule has 0 aromatic rings. The first-order valence-electron chi connectivity index (χ1n) is 5.35. The molecule has 1 atom stereocenters. The van der Waals surface area contributed by atoms with Crippen LogP contribution in [0.15, 0.2) is 0 Å². The van der Waals surface area contributed by atoms with E-state index in [9.17, 15) is 0 Å². The average Bonchev–Trinajstić information content (AvgIpc) is 2.23. The van der Waals surface area contributed by atoms with E-state index in [-0.39, 0.29) is 0 Å². The zero-order chi connectivity index (χ0) is 10.6. The molecule has 82 valence electrons. The molecule has 3 N–H and O–H groups in total. The Kier molecular flexibility index (Phi) is 4.35. The molecule has 1 heterocycles. The molecule has 1 saturated heterocycles. The molecule has 0 amide bonds. The summed E-state index contributed by atoms with van der Waals surface area (Å²) < 4.78 is 0. The summed E-state index contributed by atoms with van der Waals surface area (Å²) in [7, 11) is 2.17. The number of hydrogen-bond donors (Lipinski definition) is 2. The van der Waals surface area contributed by atoms with Crippen LogP contribution in [0.1, 0.15) is 19.8 Å². The van der Waals surface area contributed by atoms with Gasteiger partial charge in [0.05, 0.1) is 5.84 Å². The number of nitrogens with one attached hydrogen (secondary N) is 1. The van der Waals surface area contributed by atoms with Crippen LogP contribution in [0.2, 0.25) is 0 Å². The molecule has 1 unspecified atom stereocenters. The molecule has 0 radical (unpaired) electrons. The first kappa shape index (κ1) is 11.5. The van der Waals surface area contributed by atoms with Crippen molar-refractivity contribution in [2.45, 2.75) is 25.8 Å². The van der Waals surface area contributed by atoms with Gasteiger partial charge >= 0.3 is 0 Å². The van der Waals surface area contributed by atoms with E-state index in [0.29, 0.717) is 18.3 Å². The highest BCUT2D eigenvalue weighted by Gasteiger charge is 2.18. The summed E-state index contributed by atoms with van der Waals surface area (Å²) in [5.41, 5.74) is 5.37. The van der Waals surface area contributed by atoms with Gasteiger partial charge in [0, 0.05) is 25.6 Å². The highest BCUT2D eigenvalue weighted by molar-refractivity contribution is 5.76. The molecule has 1 aliphatic heterocycles. The van der Waals surface area contributed by atoms with Gasteiger partial charge in [0.2, 0.25) is 0 Å². The minimum absolute atomic E-state index is 0.301. The van der Waals surface area contributed by atoms with Crippen LogP contribution < -0.4 is 5.73 Å². The Balaban J connectivity index is 2.38. The van der Waals surface area contributed by atoms with Crippen molar-refractivity contribution >= 4 is 5.84 Å². The lowest BCUT2D eigenvalue weighted by molar-refractivity contribution is 0.207. The lowest BCUT2D eigenvalue weighted by Gasteiger charge is -2.27.